The lowest BCUT2D eigenvalue weighted by Gasteiger charge is -2.15. The Morgan fingerprint density at radius 3 is 2.45 bits per heavy atom. The van der Waals surface area contributed by atoms with Crippen molar-refractivity contribution in [3.63, 3.8) is 0 Å². The van der Waals surface area contributed by atoms with E-state index in [1.54, 1.807) is 12.1 Å². The molecular weight excluding hydrogens is 532 g/mol. The second-order valence-electron chi connectivity index (χ2n) is 8.03. The first-order valence-corrected chi connectivity index (χ1v) is 12.6. The first-order chi connectivity index (χ1) is 18.3. The maximum absolute atomic E-state index is 12.9. The maximum Gasteiger partial charge on any atom is 0.293 e. The van der Waals surface area contributed by atoms with Crippen LogP contribution in [0.2, 0.25) is 5.02 Å². The van der Waals surface area contributed by atoms with Crippen molar-refractivity contribution in [2.75, 3.05) is 13.2 Å². The fourth-order valence-corrected chi connectivity index (χ4v) is 4.71. The number of ketones is 1. The lowest BCUT2D eigenvalue weighted by Crippen LogP contribution is -2.33. The molecule has 2 amide bonds. The van der Waals surface area contributed by atoms with Crippen LogP contribution >= 0.6 is 23.4 Å². The number of nitro benzene ring substituents is 1. The van der Waals surface area contributed by atoms with E-state index in [1.165, 1.54) is 30.3 Å². The number of ether oxygens (including phenoxy) is 2. The summed E-state index contributed by atoms with van der Waals surface area (Å²) >= 11 is 7.19. The predicted molar refractivity (Wildman–Crippen MR) is 143 cm³/mol. The molecule has 0 bridgehead atoms. The number of thioether (sulfide) groups is 1. The van der Waals surface area contributed by atoms with Crippen molar-refractivity contribution in [3.8, 4) is 11.5 Å². The Hall–Kier alpha value is -4.15. The van der Waals surface area contributed by atoms with Crippen LogP contribution in [0.1, 0.15) is 28.4 Å². The number of Topliss-reactive ketones (excluding diaryl/α,β-unsaturated/α-hetero) is 1. The minimum absolute atomic E-state index is 0.114. The zero-order valence-corrected chi connectivity index (χ0v) is 21.7. The molecule has 0 unspecified atom stereocenters. The second-order valence-corrected chi connectivity index (χ2v) is 9.43. The second kappa shape index (κ2) is 11.9. The predicted octanol–water partition coefficient (Wildman–Crippen LogP) is 6.15. The number of halogens is 1. The van der Waals surface area contributed by atoms with E-state index in [2.05, 4.69) is 0 Å². The van der Waals surface area contributed by atoms with Crippen LogP contribution in [0.5, 0.6) is 11.5 Å². The molecule has 3 aromatic carbocycles. The zero-order chi connectivity index (χ0) is 27.2. The maximum atomic E-state index is 12.9. The fraction of sp³-hybridized carbons (Fsp3) is 0.148. The molecule has 38 heavy (non-hydrogen) atoms. The highest BCUT2D eigenvalue weighted by Gasteiger charge is 2.36. The summed E-state index contributed by atoms with van der Waals surface area (Å²) in [5, 5.41) is 10.5. The Morgan fingerprint density at radius 1 is 1.08 bits per heavy atom. The van der Waals surface area contributed by atoms with Gasteiger partial charge in [-0.05, 0) is 60.2 Å². The molecular formula is C27H21ClN2O7S. The van der Waals surface area contributed by atoms with E-state index in [4.69, 9.17) is 21.1 Å². The summed E-state index contributed by atoms with van der Waals surface area (Å²) in [5.74, 6) is -0.412. The highest BCUT2D eigenvalue weighted by atomic mass is 35.5. The van der Waals surface area contributed by atoms with E-state index in [0.717, 1.165) is 10.5 Å². The Balaban J connectivity index is 1.51. The monoisotopic (exact) mass is 552 g/mol. The number of hydrogen-bond acceptors (Lipinski definition) is 8. The van der Waals surface area contributed by atoms with Gasteiger partial charge < -0.3 is 9.47 Å². The number of nitrogens with zero attached hydrogens (tertiary/aromatic N) is 2. The number of nitro groups is 1. The standard InChI is InChI=1S/C27H21ClN2O7S/c1-2-36-23-13-18(12-21(28)25(23)37-16-17-6-4-3-5-7-17)14-24-26(32)29(27(33)38-24)15-22(31)19-8-10-20(11-9-19)30(34)35/h3-14H,2,15-16H2,1H3/b24-14-. The van der Waals surface area contributed by atoms with E-state index in [0.29, 0.717) is 35.4 Å². The highest BCUT2D eigenvalue weighted by molar-refractivity contribution is 8.18. The third-order valence-corrected chi connectivity index (χ3v) is 6.62. The molecule has 0 aliphatic carbocycles. The molecule has 0 aromatic heterocycles. The Kier molecular flexibility index (Phi) is 8.45. The normalized spacial score (nSPS) is 14.2. The lowest BCUT2D eigenvalue weighted by atomic mass is 10.1. The van der Waals surface area contributed by atoms with Gasteiger partial charge in [0.1, 0.15) is 6.61 Å². The molecule has 9 nitrogen and oxygen atoms in total. The molecule has 4 rings (SSSR count). The van der Waals surface area contributed by atoms with Gasteiger partial charge in [-0.25, -0.2) is 0 Å². The quantitative estimate of drug-likeness (QED) is 0.127. The van der Waals surface area contributed by atoms with Crippen LogP contribution in [-0.2, 0) is 11.4 Å². The van der Waals surface area contributed by atoms with Gasteiger partial charge in [0.15, 0.2) is 17.3 Å². The lowest BCUT2D eigenvalue weighted by molar-refractivity contribution is -0.384. The third-order valence-electron chi connectivity index (χ3n) is 5.43. The van der Waals surface area contributed by atoms with Gasteiger partial charge >= 0.3 is 0 Å². The summed E-state index contributed by atoms with van der Waals surface area (Å²) in [6.45, 7) is 1.95. The van der Waals surface area contributed by atoms with Crippen LogP contribution in [0.15, 0.2) is 71.6 Å². The topological polar surface area (TPSA) is 116 Å². The summed E-state index contributed by atoms with van der Waals surface area (Å²) in [7, 11) is 0. The molecule has 194 valence electrons. The first kappa shape index (κ1) is 26.9. The van der Waals surface area contributed by atoms with Crippen LogP contribution in [0.4, 0.5) is 10.5 Å². The van der Waals surface area contributed by atoms with Gasteiger partial charge in [0.05, 0.1) is 28.0 Å². The molecule has 1 fully saturated rings. The van der Waals surface area contributed by atoms with Gasteiger partial charge in [0.2, 0.25) is 0 Å². The number of imide groups is 1. The average Bonchev–Trinajstić information content (AvgIpc) is 3.16. The SMILES string of the molecule is CCOc1cc(/C=C2\SC(=O)N(CC(=O)c3ccc([N+](=O)[O-])cc3)C2=O)cc(Cl)c1OCc1ccccc1. The molecule has 0 saturated carbocycles. The fourth-order valence-electron chi connectivity index (χ4n) is 3.60. The molecule has 1 saturated heterocycles. The average molecular weight is 553 g/mol. The minimum Gasteiger partial charge on any atom is -0.490 e. The summed E-state index contributed by atoms with van der Waals surface area (Å²) < 4.78 is 11.6. The van der Waals surface area contributed by atoms with Gasteiger partial charge in [-0.3, -0.25) is 29.4 Å². The minimum atomic E-state index is -0.631. The van der Waals surface area contributed by atoms with Crippen LogP contribution in [-0.4, -0.2) is 39.9 Å². The number of carbonyl (C=O) groups excluding carboxylic acids is 3. The van der Waals surface area contributed by atoms with Crippen molar-refractivity contribution >= 4 is 52.1 Å². The summed E-state index contributed by atoms with van der Waals surface area (Å²) in [6.07, 6.45) is 1.50. The van der Waals surface area contributed by atoms with Gasteiger partial charge in [-0.2, -0.15) is 0 Å². The van der Waals surface area contributed by atoms with Crippen molar-refractivity contribution < 1.29 is 28.8 Å². The number of hydrogen-bond donors (Lipinski definition) is 0. The van der Waals surface area contributed by atoms with Gasteiger partial charge in [0.25, 0.3) is 16.8 Å². The number of amides is 2. The molecule has 0 spiro atoms. The third kappa shape index (κ3) is 6.21. The van der Waals surface area contributed by atoms with Crippen molar-refractivity contribution in [1.82, 2.24) is 4.90 Å². The molecule has 11 heteroatoms. The molecule has 1 heterocycles. The van der Waals surface area contributed by atoms with Crippen LogP contribution in [0.3, 0.4) is 0 Å². The molecule has 0 N–H and O–H groups in total. The van der Waals surface area contributed by atoms with E-state index >= 15 is 0 Å². The Bertz CT molecular complexity index is 1430. The smallest absolute Gasteiger partial charge is 0.293 e. The molecule has 0 atom stereocenters. The van der Waals surface area contributed by atoms with E-state index in [-0.39, 0.29) is 27.8 Å². The summed E-state index contributed by atoms with van der Waals surface area (Å²) in [5.41, 5.74) is 1.44. The molecule has 1 aliphatic heterocycles. The van der Waals surface area contributed by atoms with Crippen molar-refractivity contribution in [1.29, 1.82) is 0 Å². The molecule has 0 radical (unpaired) electrons. The Morgan fingerprint density at radius 2 is 1.79 bits per heavy atom. The zero-order valence-electron chi connectivity index (χ0n) is 20.1. The highest BCUT2D eigenvalue weighted by Crippen LogP contribution is 2.39. The largest absolute Gasteiger partial charge is 0.490 e. The van der Waals surface area contributed by atoms with Gasteiger partial charge in [0, 0.05) is 17.7 Å². The van der Waals surface area contributed by atoms with Crippen LogP contribution in [0.25, 0.3) is 6.08 Å². The summed E-state index contributed by atoms with van der Waals surface area (Å²) in [6, 6.07) is 17.8. The van der Waals surface area contributed by atoms with Gasteiger partial charge in [-0.15, -0.1) is 0 Å². The summed E-state index contributed by atoms with van der Waals surface area (Å²) in [4.78, 5) is 49.2. The number of carbonyl (C=O) groups is 3. The van der Waals surface area contributed by atoms with Crippen LogP contribution in [0, 0.1) is 10.1 Å². The van der Waals surface area contributed by atoms with Crippen molar-refractivity contribution in [2.24, 2.45) is 0 Å². The Labute approximate surface area is 227 Å². The number of rotatable bonds is 10. The van der Waals surface area contributed by atoms with Crippen molar-refractivity contribution in [2.45, 2.75) is 13.5 Å². The van der Waals surface area contributed by atoms with Gasteiger partial charge in [-0.1, -0.05) is 41.9 Å². The number of non-ortho nitro benzene ring substituents is 1. The first-order valence-electron chi connectivity index (χ1n) is 11.4. The number of benzene rings is 3. The molecule has 1 aliphatic rings. The van der Waals surface area contributed by atoms with E-state index < -0.39 is 28.4 Å². The van der Waals surface area contributed by atoms with Crippen molar-refractivity contribution in [3.05, 3.63) is 103 Å². The van der Waals surface area contributed by atoms with E-state index in [9.17, 15) is 24.5 Å². The van der Waals surface area contributed by atoms with Crippen LogP contribution < -0.4 is 9.47 Å². The molecule has 3 aromatic rings. The van der Waals surface area contributed by atoms with E-state index in [1.807, 2.05) is 37.3 Å².